The molecule has 0 spiro atoms. The van der Waals surface area contributed by atoms with Gasteiger partial charge >= 0.3 is 12.1 Å². The van der Waals surface area contributed by atoms with E-state index in [-0.39, 0.29) is 19.2 Å². The standard InChI is InChI=1S/C10H19NO5/c1-3-4-11-10(13)16-8-6-14-5-7-15-9(2)12/h3-8H2,1-2H3,(H,11,13). The molecule has 6 nitrogen and oxygen atoms in total. The molecule has 0 aliphatic rings. The number of amides is 1. The van der Waals surface area contributed by atoms with Crippen LogP contribution in [0.25, 0.3) is 0 Å². The molecular weight excluding hydrogens is 214 g/mol. The molecule has 0 aromatic carbocycles. The zero-order chi connectivity index (χ0) is 12.2. The number of carbonyl (C=O) groups excluding carboxylic acids is 2. The van der Waals surface area contributed by atoms with Gasteiger partial charge in [0.1, 0.15) is 13.2 Å². The molecular formula is C10H19NO5. The van der Waals surface area contributed by atoms with Crippen molar-refractivity contribution in [1.82, 2.24) is 5.32 Å². The molecule has 0 atom stereocenters. The summed E-state index contributed by atoms with van der Waals surface area (Å²) in [7, 11) is 0. The molecule has 0 bridgehead atoms. The minimum atomic E-state index is -0.439. The highest BCUT2D eigenvalue weighted by molar-refractivity contribution is 5.67. The number of hydrogen-bond acceptors (Lipinski definition) is 5. The van der Waals surface area contributed by atoms with Crippen LogP contribution in [0.5, 0.6) is 0 Å². The molecule has 0 saturated carbocycles. The van der Waals surface area contributed by atoms with Gasteiger partial charge in [0, 0.05) is 13.5 Å². The summed E-state index contributed by atoms with van der Waals surface area (Å²) in [6.07, 6.45) is 0.430. The minimum absolute atomic E-state index is 0.190. The van der Waals surface area contributed by atoms with Crippen LogP contribution in [0.1, 0.15) is 20.3 Å². The van der Waals surface area contributed by atoms with Crippen LogP contribution < -0.4 is 5.32 Å². The molecule has 6 heteroatoms. The lowest BCUT2D eigenvalue weighted by Gasteiger charge is -2.06. The van der Waals surface area contributed by atoms with Gasteiger partial charge in [0.2, 0.25) is 0 Å². The minimum Gasteiger partial charge on any atom is -0.463 e. The molecule has 0 saturated heterocycles. The third-order valence-electron chi connectivity index (χ3n) is 1.51. The Morgan fingerprint density at radius 2 is 1.69 bits per heavy atom. The van der Waals surface area contributed by atoms with Crippen molar-refractivity contribution in [3.8, 4) is 0 Å². The Balaban J connectivity index is 3.14. The highest BCUT2D eigenvalue weighted by Crippen LogP contribution is 1.83. The topological polar surface area (TPSA) is 73.9 Å². The van der Waals surface area contributed by atoms with Crippen molar-refractivity contribution in [2.75, 3.05) is 33.0 Å². The fraction of sp³-hybridized carbons (Fsp3) is 0.800. The van der Waals surface area contributed by atoms with E-state index in [1.165, 1.54) is 6.92 Å². The summed E-state index contributed by atoms with van der Waals surface area (Å²) in [5.74, 6) is -0.334. The second kappa shape index (κ2) is 10.2. The van der Waals surface area contributed by atoms with Crippen molar-refractivity contribution in [2.24, 2.45) is 0 Å². The first-order valence-corrected chi connectivity index (χ1v) is 5.28. The van der Waals surface area contributed by atoms with E-state index in [2.05, 4.69) is 10.1 Å². The summed E-state index contributed by atoms with van der Waals surface area (Å²) >= 11 is 0. The van der Waals surface area contributed by atoms with Crippen molar-refractivity contribution in [3.63, 3.8) is 0 Å². The average Bonchev–Trinajstić information content (AvgIpc) is 2.24. The molecule has 0 aromatic heterocycles. The second-order valence-electron chi connectivity index (χ2n) is 3.02. The lowest BCUT2D eigenvalue weighted by molar-refractivity contribution is -0.142. The maximum Gasteiger partial charge on any atom is 0.407 e. The maximum atomic E-state index is 10.9. The van der Waals surface area contributed by atoms with E-state index in [0.717, 1.165) is 6.42 Å². The Bertz CT molecular complexity index is 207. The molecule has 0 radical (unpaired) electrons. The van der Waals surface area contributed by atoms with Gasteiger partial charge in [-0.05, 0) is 6.42 Å². The fourth-order valence-corrected chi connectivity index (χ4v) is 0.818. The van der Waals surface area contributed by atoms with Crippen molar-refractivity contribution >= 4 is 12.1 Å². The van der Waals surface area contributed by atoms with Crippen LogP contribution in [0.15, 0.2) is 0 Å². The zero-order valence-corrected chi connectivity index (χ0v) is 9.78. The largest absolute Gasteiger partial charge is 0.463 e. The Hall–Kier alpha value is -1.30. The van der Waals surface area contributed by atoms with Gasteiger partial charge in [-0.3, -0.25) is 4.79 Å². The number of esters is 1. The second-order valence-corrected chi connectivity index (χ2v) is 3.02. The van der Waals surface area contributed by atoms with Crippen LogP contribution in [0.2, 0.25) is 0 Å². The summed E-state index contributed by atoms with van der Waals surface area (Å²) in [6, 6.07) is 0. The van der Waals surface area contributed by atoms with Crippen molar-refractivity contribution < 1.29 is 23.8 Å². The molecule has 0 rings (SSSR count). The van der Waals surface area contributed by atoms with Crippen molar-refractivity contribution in [3.05, 3.63) is 0 Å². The highest BCUT2D eigenvalue weighted by Gasteiger charge is 1.99. The summed E-state index contributed by atoms with van der Waals surface area (Å²) in [6.45, 7) is 4.90. The van der Waals surface area contributed by atoms with Gasteiger partial charge in [-0.1, -0.05) is 6.92 Å². The predicted molar refractivity (Wildman–Crippen MR) is 57.1 cm³/mol. The van der Waals surface area contributed by atoms with Gasteiger partial charge in [-0.15, -0.1) is 0 Å². The van der Waals surface area contributed by atoms with Crippen LogP contribution in [-0.2, 0) is 19.0 Å². The Morgan fingerprint density at radius 1 is 1.06 bits per heavy atom. The summed E-state index contributed by atoms with van der Waals surface area (Å²) in [5.41, 5.74) is 0. The highest BCUT2D eigenvalue weighted by atomic mass is 16.6. The molecule has 0 aliphatic heterocycles. The van der Waals surface area contributed by atoms with E-state index >= 15 is 0 Å². The third-order valence-corrected chi connectivity index (χ3v) is 1.51. The summed E-state index contributed by atoms with van der Waals surface area (Å²) in [5, 5.41) is 2.56. The smallest absolute Gasteiger partial charge is 0.407 e. The molecule has 0 heterocycles. The third kappa shape index (κ3) is 10.8. The van der Waals surface area contributed by atoms with Crippen LogP contribution in [-0.4, -0.2) is 45.0 Å². The van der Waals surface area contributed by atoms with E-state index < -0.39 is 6.09 Å². The van der Waals surface area contributed by atoms with Crippen LogP contribution in [0.3, 0.4) is 0 Å². The van der Waals surface area contributed by atoms with Crippen molar-refractivity contribution in [1.29, 1.82) is 0 Å². The number of nitrogens with one attached hydrogen (secondary N) is 1. The number of ether oxygens (including phenoxy) is 3. The predicted octanol–water partition coefficient (Wildman–Crippen LogP) is 0.702. The van der Waals surface area contributed by atoms with E-state index in [0.29, 0.717) is 19.8 Å². The first-order valence-electron chi connectivity index (χ1n) is 5.28. The molecule has 1 N–H and O–H groups in total. The van der Waals surface area contributed by atoms with E-state index in [9.17, 15) is 9.59 Å². The number of carbonyl (C=O) groups is 2. The number of rotatable bonds is 8. The van der Waals surface area contributed by atoms with Gasteiger partial charge in [0.15, 0.2) is 0 Å². The van der Waals surface area contributed by atoms with Gasteiger partial charge in [-0.25, -0.2) is 4.79 Å². The number of alkyl carbamates (subject to hydrolysis) is 1. The normalized spacial score (nSPS) is 9.62. The van der Waals surface area contributed by atoms with E-state index in [1.807, 2.05) is 6.92 Å². The van der Waals surface area contributed by atoms with Crippen LogP contribution >= 0.6 is 0 Å². The SMILES string of the molecule is CCCNC(=O)OCCOCCOC(C)=O. The van der Waals surface area contributed by atoms with Crippen LogP contribution in [0.4, 0.5) is 4.79 Å². The van der Waals surface area contributed by atoms with Gasteiger partial charge in [0.25, 0.3) is 0 Å². The quantitative estimate of drug-likeness (QED) is 0.493. The average molecular weight is 233 g/mol. The van der Waals surface area contributed by atoms with Crippen molar-refractivity contribution in [2.45, 2.75) is 20.3 Å². The summed E-state index contributed by atoms with van der Waals surface area (Å²) < 4.78 is 14.5. The van der Waals surface area contributed by atoms with Crippen LogP contribution in [0, 0.1) is 0 Å². The zero-order valence-electron chi connectivity index (χ0n) is 9.78. The molecule has 0 fully saturated rings. The first-order chi connectivity index (χ1) is 7.66. The lowest BCUT2D eigenvalue weighted by Crippen LogP contribution is -2.26. The molecule has 1 amide bonds. The molecule has 0 aliphatic carbocycles. The van der Waals surface area contributed by atoms with E-state index in [4.69, 9.17) is 9.47 Å². The Kier molecular flexibility index (Phi) is 9.39. The Morgan fingerprint density at radius 3 is 2.25 bits per heavy atom. The molecule has 0 unspecified atom stereocenters. The number of hydrogen-bond donors (Lipinski definition) is 1. The van der Waals surface area contributed by atoms with E-state index in [1.54, 1.807) is 0 Å². The molecule has 0 aromatic rings. The Labute approximate surface area is 95.2 Å². The fourth-order valence-electron chi connectivity index (χ4n) is 0.818. The maximum absolute atomic E-state index is 10.9. The van der Waals surface area contributed by atoms with Gasteiger partial charge in [0.05, 0.1) is 13.2 Å². The molecule has 16 heavy (non-hydrogen) atoms. The lowest BCUT2D eigenvalue weighted by atomic mass is 10.5. The first kappa shape index (κ1) is 14.7. The molecule has 94 valence electrons. The summed E-state index contributed by atoms with van der Waals surface area (Å²) in [4.78, 5) is 21.3. The van der Waals surface area contributed by atoms with Gasteiger partial charge in [-0.2, -0.15) is 0 Å². The van der Waals surface area contributed by atoms with Gasteiger partial charge < -0.3 is 19.5 Å². The monoisotopic (exact) mass is 233 g/mol.